The molecule has 0 radical (unpaired) electrons. The van der Waals surface area contributed by atoms with Gasteiger partial charge in [-0.05, 0) is 32.1 Å². The lowest BCUT2D eigenvalue weighted by atomic mass is 10.0. The number of hydrogen-bond acceptors (Lipinski definition) is 4. The van der Waals surface area contributed by atoms with E-state index in [0.29, 0.717) is 13.0 Å². The van der Waals surface area contributed by atoms with Crippen molar-refractivity contribution in [2.45, 2.75) is 57.1 Å². The Morgan fingerprint density at radius 1 is 1.20 bits per heavy atom. The van der Waals surface area contributed by atoms with E-state index in [1.54, 1.807) is 0 Å². The Balaban J connectivity index is 2.29. The molecule has 0 aliphatic carbocycles. The van der Waals surface area contributed by atoms with Crippen molar-refractivity contribution in [3.63, 3.8) is 0 Å². The number of rotatable bonds is 8. The van der Waals surface area contributed by atoms with Crippen LogP contribution in [0.2, 0.25) is 0 Å². The molecule has 3 N–H and O–H groups in total. The van der Waals surface area contributed by atoms with Gasteiger partial charge in [0.05, 0.1) is 6.10 Å². The van der Waals surface area contributed by atoms with Crippen LogP contribution in [-0.4, -0.2) is 46.8 Å². The Morgan fingerprint density at radius 2 is 1.95 bits per heavy atom. The van der Waals surface area contributed by atoms with Crippen molar-refractivity contribution in [1.82, 2.24) is 5.32 Å². The second-order valence-corrected chi connectivity index (χ2v) is 4.92. The van der Waals surface area contributed by atoms with Crippen LogP contribution in [0.5, 0.6) is 0 Å². The summed E-state index contributed by atoms with van der Waals surface area (Å²) >= 11 is 0. The first-order valence-corrected chi connectivity index (χ1v) is 6.84. The van der Waals surface area contributed by atoms with Gasteiger partial charge in [-0.25, -0.2) is 4.79 Å². The van der Waals surface area contributed by atoms with Crippen LogP contribution < -0.4 is 5.32 Å². The molecule has 0 aromatic carbocycles. The molecule has 1 aliphatic rings. The lowest BCUT2D eigenvalue weighted by molar-refractivity contribution is -0.143. The third-order valence-electron chi connectivity index (χ3n) is 3.25. The van der Waals surface area contributed by atoms with Gasteiger partial charge in [0, 0.05) is 19.4 Å². The quantitative estimate of drug-likeness (QED) is 0.607. The van der Waals surface area contributed by atoms with Crippen molar-refractivity contribution in [1.29, 1.82) is 0 Å². The van der Waals surface area contributed by atoms with Gasteiger partial charge in [0.25, 0.3) is 0 Å². The van der Waals surface area contributed by atoms with Crippen LogP contribution in [0.1, 0.15) is 44.9 Å². The van der Waals surface area contributed by atoms with Crippen LogP contribution >= 0.6 is 0 Å². The highest BCUT2D eigenvalue weighted by atomic mass is 16.5. The minimum absolute atomic E-state index is 0.0665. The highest BCUT2D eigenvalue weighted by Gasteiger charge is 2.22. The predicted octanol–water partition coefficient (Wildman–Crippen LogP) is 0.770. The van der Waals surface area contributed by atoms with Crippen molar-refractivity contribution in [2.75, 3.05) is 6.61 Å². The second kappa shape index (κ2) is 8.52. The van der Waals surface area contributed by atoms with Gasteiger partial charge in [-0.1, -0.05) is 0 Å². The number of aliphatic carboxylic acids is 2. The average molecular weight is 287 g/mol. The number of carbonyl (C=O) groups is 3. The van der Waals surface area contributed by atoms with Crippen molar-refractivity contribution < 1.29 is 29.3 Å². The molecule has 1 fully saturated rings. The van der Waals surface area contributed by atoms with Gasteiger partial charge in [-0.3, -0.25) is 9.59 Å². The average Bonchev–Trinajstić information content (AvgIpc) is 2.41. The Bertz CT molecular complexity index is 351. The van der Waals surface area contributed by atoms with Gasteiger partial charge in [0.1, 0.15) is 6.04 Å². The molecular formula is C13H21NO6. The summed E-state index contributed by atoms with van der Waals surface area (Å²) in [4.78, 5) is 33.0. The molecule has 114 valence electrons. The molecule has 0 bridgehead atoms. The molecule has 0 aromatic heterocycles. The molecule has 0 saturated carbocycles. The van der Waals surface area contributed by atoms with E-state index in [1.165, 1.54) is 0 Å². The Kier molecular flexibility index (Phi) is 7.00. The van der Waals surface area contributed by atoms with Crippen LogP contribution in [0.4, 0.5) is 0 Å². The third kappa shape index (κ3) is 6.51. The first-order valence-electron chi connectivity index (χ1n) is 6.84. The topological polar surface area (TPSA) is 113 Å². The highest BCUT2D eigenvalue weighted by molar-refractivity contribution is 5.83. The minimum Gasteiger partial charge on any atom is -0.481 e. The zero-order valence-electron chi connectivity index (χ0n) is 11.3. The van der Waals surface area contributed by atoms with E-state index >= 15 is 0 Å². The fraction of sp³-hybridized carbons (Fsp3) is 0.769. The van der Waals surface area contributed by atoms with Gasteiger partial charge < -0.3 is 20.3 Å². The number of nitrogens with one attached hydrogen (secondary N) is 1. The van der Waals surface area contributed by atoms with Gasteiger partial charge in [-0.2, -0.15) is 0 Å². The summed E-state index contributed by atoms with van der Waals surface area (Å²) in [5.74, 6) is -2.67. The molecule has 2 atom stereocenters. The normalized spacial score (nSPS) is 20.1. The Labute approximate surface area is 117 Å². The molecule has 0 aromatic rings. The van der Waals surface area contributed by atoms with Gasteiger partial charge in [0.15, 0.2) is 0 Å². The van der Waals surface area contributed by atoms with E-state index in [-0.39, 0.29) is 31.3 Å². The van der Waals surface area contributed by atoms with E-state index in [1.807, 2.05) is 0 Å². The maximum atomic E-state index is 11.7. The van der Waals surface area contributed by atoms with Crippen molar-refractivity contribution >= 4 is 17.8 Å². The monoisotopic (exact) mass is 287 g/mol. The van der Waals surface area contributed by atoms with Gasteiger partial charge >= 0.3 is 11.9 Å². The van der Waals surface area contributed by atoms with E-state index < -0.39 is 18.0 Å². The van der Waals surface area contributed by atoms with Crippen LogP contribution in [-0.2, 0) is 19.1 Å². The SMILES string of the molecule is O=C(O)CCC(NC(=O)CCC1CCCCO1)C(=O)O. The standard InChI is InChI=1S/C13H21NO6/c15-11(6-4-9-3-1-2-8-20-9)14-10(13(18)19)5-7-12(16)17/h9-10H,1-8H2,(H,14,15)(H,16,17)(H,18,19). The molecule has 2 unspecified atom stereocenters. The fourth-order valence-electron chi connectivity index (χ4n) is 2.12. The molecule has 7 nitrogen and oxygen atoms in total. The Morgan fingerprint density at radius 3 is 2.50 bits per heavy atom. The van der Waals surface area contributed by atoms with Crippen molar-refractivity contribution in [3.05, 3.63) is 0 Å². The maximum absolute atomic E-state index is 11.7. The van der Waals surface area contributed by atoms with E-state index in [2.05, 4.69) is 5.32 Å². The molecule has 1 aliphatic heterocycles. The first kappa shape index (κ1) is 16.4. The predicted molar refractivity (Wildman–Crippen MR) is 69.3 cm³/mol. The molecule has 1 heterocycles. The smallest absolute Gasteiger partial charge is 0.326 e. The zero-order chi connectivity index (χ0) is 15.0. The summed E-state index contributed by atoms with van der Waals surface area (Å²) in [6.45, 7) is 0.711. The summed E-state index contributed by atoms with van der Waals surface area (Å²) in [7, 11) is 0. The number of ether oxygens (including phenoxy) is 1. The summed E-state index contributed by atoms with van der Waals surface area (Å²) < 4.78 is 5.49. The highest BCUT2D eigenvalue weighted by Crippen LogP contribution is 2.16. The van der Waals surface area contributed by atoms with Crippen LogP contribution in [0.25, 0.3) is 0 Å². The molecule has 0 spiro atoms. The van der Waals surface area contributed by atoms with Crippen LogP contribution in [0.15, 0.2) is 0 Å². The Hall–Kier alpha value is -1.63. The molecular weight excluding hydrogens is 266 g/mol. The van der Waals surface area contributed by atoms with Crippen molar-refractivity contribution in [2.24, 2.45) is 0 Å². The lowest BCUT2D eigenvalue weighted by Crippen LogP contribution is -2.41. The van der Waals surface area contributed by atoms with Crippen LogP contribution in [0.3, 0.4) is 0 Å². The number of carbonyl (C=O) groups excluding carboxylic acids is 1. The van der Waals surface area contributed by atoms with E-state index in [9.17, 15) is 14.4 Å². The van der Waals surface area contributed by atoms with Gasteiger partial charge in [0.2, 0.25) is 5.91 Å². The minimum atomic E-state index is -1.21. The summed E-state index contributed by atoms with van der Waals surface area (Å²) in [5, 5.41) is 19.8. The summed E-state index contributed by atoms with van der Waals surface area (Å²) in [5.41, 5.74) is 0. The lowest BCUT2D eigenvalue weighted by Gasteiger charge is -2.22. The van der Waals surface area contributed by atoms with Gasteiger partial charge in [-0.15, -0.1) is 0 Å². The number of carboxylic acid groups (broad SMARTS) is 2. The summed E-state index contributed by atoms with van der Waals surface area (Å²) in [6, 6.07) is -1.15. The second-order valence-electron chi connectivity index (χ2n) is 4.92. The fourth-order valence-corrected chi connectivity index (χ4v) is 2.12. The number of amides is 1. The molecule has 1 saturated heterocycles. The zero-order valence-corrected chi connectivity index (χ0v) is 11.3. The molecule has 1 rings (SSSR count). The van der Waals surface area contributed by atoms with Crippen LogP contribution in [0, 0.1) is 0 Å². The first-order chi connectivity index (χ1) is 9.49. The summed E-state index contributed by atoms with van der Waals surface area (Å²) in [6.07, 6.45) is 3.48. The molecule has 1 amide bonds. The van der Waals surface area contributed by atoms with E-state index in [4.69, 9.17) is 14.9 Å². The molecule has 20 heavy (non-hydrogen) atoms. The third-order valence-corrected chi connectivity index (χ3v) is 3.25. The largest absolute Gasteiger partial charge is 0.481 e. The van der Waals surface area contributed by atoms with E-state index in [0.717, 1.165) is 19.3 Å². The van der Waals surface area contributed by atoms with Crippen molar-refractivity contribution in [3.8, 4) is 0 Å². The number of hydrogen-bond donors (Lipinski definition) is 3. The maximum Gasteiger partial charge on any atom is 0.326 e. The molecule has 7 heteroatoms. The number of carboxylic acids is 2.